The normalized spacial score (nSPS) is 31.7. The molecule has 1 aliphatic rings. The molecule has 1 aliphatic carbocycles. The highest BCUT2D eigenvalue weighted by molar-refractivity contribution is 6.52. The van der Waals surface area contributed by atoms with Crippen molar-refractivity contribution in [2.24, 2.45) is 5.41 Å². The lowest BCUT2D eigenvalue weighted by Gasteiger charge is -2.40. The third kappa shape index (κ3) is 3.08. The van der Waals surface area contributed by atoms with Gasteiger partial charge in [0.05, 0.1) is 5.38 Å². The smallest absolute Gasteiger partial charge is 0.179 e. The fourth-order valence-electron chi connectivity index (χ4n) is 2.39. The molecule has 0 saturated heterocycles. The van der Waals surface area contributed by atoms with E-state index in [-0.39, 0.29) is 18.0 Å². The third-order valence-electron chi connectivity index (χ3n) is 3.74. The summed E-state index contributed by atoms with van der Waals surface area (Å²) < 4.78 is 0. The van der Waals surface area contributed by atoms with Crippen molar-refractivity contribution < 1.29 is 9.59 Å². The fraction of sp³-hybridized carbons (Fsp3) is 0.857. The third-order valence-corrected chi connectivity index (χ3v) is 5.11. The second-order valence-electron chi connectivity index (χ2n) is 5.93. The summed E-state index contributed by atoms with van der Waals surface area (Å²) in [5, 5.41) is -0.668. The number of hydrogen-bond acceptors (Lipinski definition) is 2. The van der Waals surface area contributed by atoms with Gasteiger partial charge in [0.1, 0.15) is 0 Å². The van der Waals surface area contributed by atoms with Crippen molar-refractivity contribution in [3.8, 4) is 0 Å². The van der Waals surface area contributed by atoms with Gasteiger partial charge < -0.3 is 0 Å². The molecule has 0 heterocycles. The lowest BCUT2D eigenvalue weighted by atomic mass is 9.69. The lowest BCUT2D eigenvalue weighted by Crippen LogP contribution is -2.56. The molecule has 0 aromatic heterocycles. The summed E-state index contributed by atoms with van der Waals surface area (Å²) in [5.74, 6) is -0.462. The maximum atomic E-state index is 12.3. The molecular weight excluding hydrogens is 271 g/mol. The monoisotopic (exact) mass is 292 g/mol. The maximum absolute atomic E-state index is 12.3. The molecule has 0 amide bonds. The molecule has 0 aromatic carbocycles. The minimum atomic E-state index is -1.37. The van der Waals surface area contributed by atoms with E-state index in [9.17, 15) is 9.59 Å². The number of Topliss-reactive ketones (excluding diaryl/α,β-unsaturated/α-hetero) is 2. The highest BCUT2D eigenvalue weighted by Gasteiger charge is 2.55. The van der Waals surface area contributed by atoms with Crippen molar-refractivity contribution >= 4 is 34.8 Å². The van der Waals surface area contributed by atoms with Crippen LogP contribution in [-0.2, 0) is 9.59 Å². The lowest BCUT2D eigenvalue weighted by molar-refractivity contribution is -0.137. The van der Waals surface area contributed by atoms with Crippen molar-refractivity contribution in [2.75, 3.05) is 0 Å². The Morgan fingerprint density at radius 3 is 2.39 bits per heavy atom. The predicted octanol–water partition coefficient (Wildman–Crippen LogP) is 4.11. The average Bonchev–Trinajstić information content (AvgIpc) is 2.30. The highest BCUT2D eigenvalue weighted by atomic mass is 35.5. The predicted molar refractivity (Wildman–Crippen MR) is 75.4 cm³/mol. The molecule has 2 unspecified atom stereocenters. The van der Waals surface area contributed by atoms with Gasteiger partial charge in [-0.15, -0.1) is 23.2 Å². The molecule has 0 radical (unpaired) electrons. The Labute approximate surface area is 119 Å². The SMILES string of the molecule is CCCCCCC1(Cl)C(=O)CC(C)(C)C(Cl)C1=O. The van der Waals surface area contributed by atoms with E-state index in [1.54, 1.807) is 0 Å². The molecule has 0 aromatic rings. The van der Waals surface area contributed by atoms with Gasteiger partial charge in [-0.25, -0.2) is 0 Å². The van der Waals surface area contributed by atoms with Gasteiger partial charge in [0.15, 0.2) is 16.4 Å². The van der Waals surface area contributed by atoms with Gasteiger partial charge in [0.25, 0.3) is 0 Å². The van der Waals surface area contributed by atoms with Crippen molar-refractivity contribution in [1.29, 1.82) is 0 Å². The van der Waals surface area contributed by atoms with E-state index < -0.39 is 15.7 Å². The van der Waals surface area contributed by atoms with E-state index in [2.05, 4.69) is 6.92 Å². The molecule has 2 nitrogen and oxygen atoms in total. The second kappa shape index (κ2) is 5.92. The first-order valence-electron chi connectivity index (χ1n) is 6.66. The van der Waals surface area contributed by atoms with Crippen molar-refractivity contribution in [2.45, 2.75) is 69.5 Å². The number of halogens is 2. The Hall–Kier alpha value is -0.0800. The summed E-state index contributed by atoms with van der Waals surface area (Å²) >= 11 is 12.5. The molecule has 1 rings (SSSR count). The van der Waals surface area contributed by atoms with Gasteiger partial charge in [-0.1, -0.05) is 46.5 Å². The Balaban J connectivity index is 2.74. The van der Waals surface area contributed by atoms with Gasteiger partial charge in [-0.2, -0.15) is 0 Å². The van der Waals surface area contributed by atoms with Gasteiger partial charge in [-0.3, -0.25) is 9.59 Å². The van der Waals surface area contributed by atoms with Crippen LogP contribution in [0, 0.1) is 5.41 Å². The topological polar surface area (TPSA) is 34.1 Å². The van der Waals surface area contributed by atoms with E-state index in [0.29, 0.717) is 6.42 Å². The summed E-state index contributed by atoms with van der Waals surface area (Å²) in [5.41, 5.74) is -0.489. The first-order chi connectivity index (χ1) is 8.25. The molecule has 4 heteroatoms. The summed E-state index contributed by atoms with van der Waals surface area (Å²) in [6.07, 6.45) is 4.73. The summed E-state index contributed by atoms with van der Waals surface area (Å²) in [6, 6.07) is 0. The maximum Gasteiger partial charge on any atom is 0.179 e. The quantitative estimate of drug-likeness (QED) is 0.434. The molecule has 0 spiro atoms. The van der Waals surface area contributed by atoms with Crippen LogP contribution in [0.15, 0.2) is 0 Å². The largest absolute Gasteiger partial charge is 0.297 e. The highest BCUT2D eigenvalue weighted by Crippen LogP contribution is 2.44. The van der Waals surface area contributed by atoms with Gasteiger partial charge >= 0.3 is 0 Å². The van der Waals surface area contributed by atoms with Crippen LogP contribution in [0.3, 0.4) is 0 Å². The Morgan fingerprint density at radius 1 is 1.22 bits per heavy atom. The molecular formula is C14H22Cl2O2. The molecule has 2 atom stereocenters. The molecule has 1 saturated carbocycles. The van der Waals surface area contributed by atoms with Crippen LogP contribution in [0.2, 0.25) is 0 Å². The van der Waals surface area contributed by atoms with E-state index in [1.807, 2.05) is 13.8 Å². The van der Waals surface area contributed by atoms with Gasteiger partial charge in [0, 0.05) is 6.42 Å². The number of carbonyl (C=O) groups excluding carboxylic acids is 2. The van der Waals surface area contributed by atoms with Crippen LogP contribution >= 0.6 is 23.2 Å². The Bertz CT molecular complexity index is 339. The number of ketones is 2. The van der Waals surface area contributed by atoms with Crippen LogP contribution in [0.4, 0.5) is 0 Å². The van der Waals surface area contributed by atoms with E-state index in [1.165, 1.54) is 0 Å². The van der Waals surface area contributed by atoms with Crippen LogP contribution < -0.4 is 0 Å². The Kier molecular flexibility index (Phi) is 5.25. The van der Waals surface area contributed by atoms with Crippen molar-refractivity contribution in [1.82, 2.24) is 0 Å². The number of hydrogen-bond donors (Lipinski definition) is 0. The number of rotatable bonds is 5. The number of alkyl halides is 2. The molecule has 104 valence electrons. The summed E-state index contributed by atoms with van der Waals surface area (Å²) in [4.78, 5) is 23.0. The Morgan fingerprint density at radius 2 is 1.83 bits per heavy atom. The zero-order valence-corrected chi connectivity index (χ0v) is 12.9. The minimum absolute atomic E-state index is 0.160. The zero-order valence-electron chi connectivity index (χ0n) is 11.4. The van der Waals surface area contributed by atoms with Gasteiger partial charge in [-0.05, 0) is 11.8 Å². The standard InChI is InChI=1S/C14H22Cl2O2/c1-4-5-6-7-8-14(16)10(17)9-13(2,3)11(15)12(14)18/h11H,4-9H2,1-3H3. The van der Waals surface area contributed by atoms with E-state index in [4.69, 9.17) is 23.2 Å². The van der Waals surface area contributed by atoms with Crippen LogP contribution in [0.5, 0.6) is 0 Å². The number of unbranched alkanes of at least 4 members (excludes halogenated alkanes) is 3. The van der Waals surface area contributed by atoms with Crippen LogP contribution in [-0.4, -0.2) is 21.8 Å². The first-order valence-corrected chi connectivity index (χ1v) is 7.47. The zero-order chi connectivity index (χ0) is 14.0. The van der Waals surface area contributed by atoms with Crippen molar-refractivity contribution in [3.63, 3.8) is 0 Å². The minimum Gasteiger partial charge on any atom is -0.297 e. The summed E-state index contributed by atoms with van der Waals surface area (Å²) in [6.45, 7) is 5.80. The molecule has 18 heavy (non-hydrogen) atoms. The second-order valence-corrected chi connectivity index (χ2v) is 7.01. The van der Waals surface area contributed by atoms with Crippen LogP contribution in [0.25, 0.3) is 0 Å². The molecule has 0 bridgehead atoms. The first kappa shape index (κ1) is 16.0. The molecule has 0 aliphatic heterocycles. The molecule has 0 N–H and O–H groups in total. The fourth-order valence-corrected chi connectivity index (χ4v) is 3.02. The van der Waals surface area contributed by atoms with Crippen molar-refractivity contribution in [3.05, 3.63) is 0 Å². The van der Waals surface area contributed by atoms with E-state index in [0.717, 1.165) is 25.7 Å². The average molecular weight is 293 g/mol. The van der Waals surface area contributed by atoms with Gasteiger partial charge in [0.2, 0.25) is 0 Å². The van der Waals surface area contributed by atoms with Crippen LogP contribution in [0.1, 0.15) is 59.3 Å². The molecule has 1 fully saturated rings. The summed E-state index contributed by atoms with van der Waals surface area (Å²) in [7, 11) is 0. The number of carbonyl (C=O) groups is 2. The van der Waals surface area contributed by atoms with E-state index >= 15 is 0 Å².